The molecule has 0 atom stereocenters. The van der Waals surface area contributed by atoms with Crippen LogP contribution < -0.4 is 55.0 Å². The Hall–Kier alpha value is -16.1. The number of carbonyl (C=O) groups is 5. The minimum absolute atomic E-state index is 0. The van der Waals surface area contributed by atoms with Gasteiger partial charge in [0.2, 0.25) is 5.88 Å². The van der Waals surface area contributed by atoms with Gasteiger partial charge >= 0.3 is 0 Å². The number of aryl methyl sites for hydroxylation is 3. The van der Waals surface area contributed by atoms with Crippen LogP contribution in [-0.4, -0.2) is 71.5 Å². The third kappa shape index (κ3) is 28.2. The molecule has 8 aromatic carbocycles. The molecule has 7 aromatic heterocycles. The van der Waals surface area contributed by atoms with E-state index in [9.17, 15) is 29.2 Å². The van der Waals surface area contributed by atoms with E-state index in [-0.39, 0.29) is 42.7 Å². The van der Waals surface area contributed by atoms with E-state index < -0.39 is 0 Å². The first kappa shape index (κ1) is 85.4. The summed E-state index contributed by atoms with van der Waals surface area (Å²) in [6, 6.07) is 84.2. The molecule has 0 aliphatic heterocycles. The standard InChI is InChI=1S/C20H15N3O2.C19H15BrN2O2.C19H16N2O2.C18H15N3O3.C17H13N3O2.CH4/c1-14-4-2-5-16(8-14)20(24)23-17-9-15(12-21)10-19(11-17)25-18-6-3-7-22-13-18;1-13-4-2-5-14(8-13)19(23)22-16-9-15(20)10-18(11-16)24-17-6-3-7-21-12-17;1-14-5-2-6-15(11-14)19(22)21-16-7-3-8-17(12-16)23-18-9-4-10-20-13-18;1-23-17-9-3-8-16(21-17)18(22)20-13-5-2-6-14(11-13)24-15-7-4-10-19-12-15;21-17(16-8-1-2-10-19-16)20-13-5-3-6-14(11-13)22-15-7-4-9-18-12-15;/h2-11,13H,1H3,(H,23,24);2-12H,1H3,(H,22,23);2-13H,1H3,(H,21,22);2-12H,1H3,(H,20,22);1-12H,(H,20,21);1H4. The number of carbonyl (C=O) groups excluding carboxylic acids is 5. The summed E-state index contributed by atoms with van der Waals surface area (Å²) in [5, 5.41) is 23.3. The van der Waals surface area contributed by atoms with E-state index in [1.807, 2.05) is 124 Å². The molecule has 15 rings (SSSR count). The summed E-state index contributed by atoms with van der Waals surface area (Å²) in [6.07, 6.45) is 18.0. The van der Waals surface area contributed by atoms with Gasteiger partial charge in [-0.25, -0.2) is 4.98 Å². The molecule has 119 heavy (non-hydrogen) atoms. The summed E-state index contributed by atoms with van der Waals surface area (Å²) in [5.74, 6) is 5.24. The molecule has 7 heterocycles. The number of hydrogen-bond acceptors (Lipinski definition) is 19. The molecule has 0 bridgehead atoms. The lowest BCUT2D eigenvalue weighted by Gasteiger charge is -2.10. The van der Waals surface area contributed by atoms with Gasteiger partial charge < -0.3 is 55.0 Å². The number of methoxy groups -OCH3 is 1. The van der Waals surface area contributed by atoms with Crippen molar-refractivity contribution >= 4 is 73.9 Å². The lowest BCUT2D eigenvalue weighted by molar-refractivity contribution is 0.101. The van der Waals surface area contributed by atoms with Crippen molar-refractivity contribution < 1.29 is 52.4 Å². The van der Waals surface area contributed by atoms with E-state index in [1.54, 1.807) is 244 Å². The fourth-order valence-electron chi connectivity index (χ4n) is 10.6. The second-order valence-corrected chi connectivity index (χ2v) is 26.1. The molecule has 0 saturated heterocycles. The summed E-state index contributed by atoms with van der Waals surface area (Å²) in [6.45, 7) is 5.84. The molecular weight excluding hydrogens is 1570 g/mol. The minimum atomic E-state index is -0.326. The maximum atomic E-state index is 12.4. The molecule has 25 heteroatoms. The number of rotatable bonds is 21. The van der Waals surface area contributed by atoms with Crippen molar-refractivity contribution in [3.05, 3.63) is 402 Å². The highest BCUT2D eigenvalue weighted by atomic mass is 79.9. The van der Waals surface area contributed by atoms with Gasteiger partial charge in [0.25, 0.3) is 29.5 Å². The van der Waals surface area contributed by atoms with E-state index in [1.165, 1.54) is 7.11 Å². The fraction of sp³-hybridized carbons (Fsp3) is 0.0532. The molecule has 24 nitrogen and oxygen atoms in total. The quantitative estimate of drug-likeness (QED) is 0.0446. The van der Waals surface area contributed by atoms with E-state index in [2.05, 4.69) is 83.5 Å². The Labute approximate surface area is 695 Å². The Bertz CT molecular complexity index is 5910. The van der Waals surface area contributed by atoms with Crippen LogP contribution in [0, 0.1) is 32.1 Å². The molecule has 0 aliphatic rings. The summed E-state index contributed by atoms with van der Waals surface area (Å²) in [5.41, 5.74) is 8.96. The van der Waals surface area contributed by atoms with Crippen LogP contribution in [0.5, 0.6) is 63.4 Å². The molecule has 5 amide bonds. The first-order chi connectivity index (χ1) is 57.5. The number of ether oxygens (including phenoxy) is 6. The molecular formula is C94H78BrN13O11. The first-order valence-corrected chi connectivity index (χ1v) is 37.0. The Morgan fingerprint density at radius 2 is 0.655 bits per heavy atom. The predicted octanol–water partition coefficient (Wildman–Crippen LogP) is 21.6. The van der Waals surface area contributed by atoms with Crippen LogP contribution in [0.3, 0.4) is 0 Å². The number of aromatic nitrogens is 7. The highest BCUT2D eigenvalue weighted by molar-refractivity contribution is 9.10. The molecule has 0 spiro atoms. The van der Waals surface area contributed by atoms with Crippen LogP contribution in [0.25, 0.3) is 0 Å². The monoisotopic (exact) mass is 1640 g/mol. The van der Waals surface area contributed by atoms with E-state index in [0.29, 0.717) is 120 Å². The smallest absolute Gasteiger partial charge is 0.274 e. The SMILES string of the molecule is C.COc1cccc(C(=O)Nc2cccc(Oc3cccnc3)c2)n1.Cc1cccc(C(=O)Nc2cc(Br)cc(Oc3cccnc3)c2)c1.Cc1cccc(C(=O)Nc2cc(C#N)cc(Oc3cccnc3)c2)c1.Cc1cccc(C(=O)Nc2cccc(Oc3cccnc3)c2)c1.O=C(Nc1cccc(Oc2cccnc2)c1)c1ccccn1. The van der Waals surface area contributed by atoms with Crippen molar-refractivity contribution in [1.82, 2.24) is 34.9 Å². The second-order valence-electron chi connectivity index (χ2n) is 25.2. The number of halogens is 1. The van der Waals surface area contributed by atoms with Crippen molar-refractivity contribution in [2.75, 3.05) is 33.7 Å². The van der Waals surface area contributed by atoms with E-state index in [0.717, 1.165) is 21.2 Å². The van der Waals surface area contributed by atoms with Crippen LogP contribution in [-0.2, 0) is 0 Å². The summed E-state index contributed by atoms with van der Waals surface area (Å²) in [4.78, 5) is 89.5. The number of anilines is 5. The van der Waals surface area contributed by atoms with E-state index >= 15 is 0 Å². The first-order valence-electron chi connectivity index (χ1n) is 36.2. The summed E-state index contributed by atoms with van der Waals surface area (Å²) in [7, 11) is 1.50. The second kappa shape index (κ2) is 44.4. The third-order valence-corrected chi connectivity index (χ3v) is 16.4. The normalized spacial score (nSPS) is 9.98. The number of nitriles is 1. The molecule has 5 N–H and O–H groups in total. The van der Waals surface area contributed by atoms with Gasteiger partial charge in [-0.15, -0.1) is 0 Å². The zero-order chi connectivity index (χ0) is 82.6. The summed E-state index contributed by atoms with van der Waals surface area (Å²) < 4.78 is 34.4. The van der Waals surface area contributed by atoms with Gasteiger partial charge in [0.05, 0.1) is 49.7 Å². The highest BCUT2D eigenvalue weighted by Crippen LogP contribution is 2.32. The van der Waals surface area contributed by atoms with E-state index in [4.69, 9.17) is 28.4 Å². The number of nitrogens with one attached hydrogen (secondary N) is 5. The number of hydrogen-bond donors (Lipinski definition) is 5. The van der Waals surface area contributed by atoms with Gasteiger partial charge in [-0.2, -0.15) is 5.26 Å². The van der Waals surface area contributed by atoms with Gasteiger partial charge in [0.15, 0.2) is 0 Å². The van der Waals surface area contributed by atoms with Crippen molar-refractivity contribution in [1.29, 1.82) is 5.26 Å². The molecule has 592 valence electrons. The summed E-state index contributed by atoms with van der Waals surface area (Å²) >= 11 is 3.44. The van der Waals surface area contributed by atoms with Gasteiger partial charge in [0, 0.05) is 123 Å². The third-order valence-electron chi connectivity index (χ3n) is 16.0. The lowest BCUT2D eigenvalue weighted by Crippen LogP contribution is -2.13. The Balaban J connectivity index is 0.000000156. The van der Waals surface area contributed by atoms with Crippen LogP contribution >= 0.6 is 15.9 Å². The van der Waals surface area contributed by atoms with Crippen molar-refractivity contribution in [2.24, 2.45) is 0 Å². The maximum absolute atomic E-state index is 12.4. The largest absolute Gasteiger partial charge is 0.481 e. The molecule has 0 radical (unpaired) electrons. The van der Waals surface area contributed by atoms with Gasteiger partial charge in [-0.3, -0.25) is 53.9 Å². The Kier molecular flexibility index (Phi) is 31.8. The van der Waals surface area contributed by atoms with Gasteiger partial charge in [-0.05, 0) is 197 Å². The van der Waals surface area contributed by atoms with Crippen LogP contribution in [0.2, 0.25) is 0 Å². The number of benzene rings is 8. The minimum Gasteiger partial charge on any atom is -0.481 e. The number of amides is 5. The highest BCUT2D eigenvalue weighted by Gasteiger charge is 2.15. The maximum Gasteiger partial charge on any atom is 0.274 e. The Morgan fingerprint density at radius 1 is 0.319 bits per heavy atom. The molecule has 0 fully saturated rings. The van der Waals surface area contributed by atoms with Crippen LogP contribution in [0.15, 0.2) is 352 Å². The molecule has 0 aliphatic carbocycles. The lowest BCUT2D eigenvalue weighted by atomic mass is 10.1. The molecule has 0 saturated carbocycles. The van der Waals surface area contributed by atoms with Crippen molar-refractivity contribution in [2.45, 2.75) is 28.2 Å². The Morgan fingerprint density at radius 3 is 1.03 bits per heavy atom. The number of nitrogens with zero attached hydrogens (tertiary/aromatic N) is 8. The topological polar surface area (TPSA) is 315 Å². The van der Waals surface area contributed by atoms with Crippen LogP contribution in [0.1, 0.15) is 81.7 Å². The van der Waals surface area contributed by atoms with Gasteiger partial charge in [-0.1, -0.05) is 107 Å². The van der Waals surface area contributed by atoms with Crippen molar-refractivity contribution in [3.63, 3.8) is 0 Å². The average molecular weight is 1650 g/mol. The van der Waals surface area contributed by atoms with Crippen molar-refractivity contribution in [3.8, 4) is 69.4 Å². The zero-order valence-electron chi connectivity index (χ0n) is 63.9. The molecule has 15 aromatic rings. The number of pyridine rings is 7. The predicted molar refractivity (Wildman–Crippen MR) is 461 cm³/mol. The van der Waals surface area contributed by atoms with Crippen LogP contribution in [0.4, 0.5) is 28.4 Å². The average Bonchev–Trinajstić information content (AvgIpc) is 0.849. The van der Waals surface area contributed by atoms with Gasteiger partial charge in [0.1, 0.15) is 68.9 Å². The molecule has 0 unspecified atom stereocenters. The fourth-order valence-corrected chi connectivity index (χ4v) is 11.1. The zero-order valence-corrected chi connectivity index (χ0v) is 65.4.